The molecule has 0 aromatic carbocycles. The Labute approximate surface area is 337 Å². The van der Waals surface area contributed by atoms with Gasteiger partial charge in [0.25, 0.3) is 0 Å². The van der Waals surface area contributed by atoms with Crippen molar-refractivity contribution in [1.82, 2.24) is 0 Å². The van der Waals surface area contributed by atoms with Gasteiger partial charge in [0, 0.05) is 19.4 Å². The monoisotopic (exact) mass is 798 g/mol. The number of phosphoric ester groups is 1. The van der Waals surface area contributed by atoms with Gasteiger partial charge >= 0.3 is 19.8 Å². The van der Waals surface area contributed by atoms with Crippen molar-refractivity contribution < 1.29 is 37.6 Å². The molecule has 0 rings (SSSR count). The number of allylic oxidation sites excluding steroid dienone is 6. The Morgan fingerprint density at radius 3 is 1.44 bits per heavy atom. The van der Waals surface area contributed by atoms with Crippen LogP contribution in [0.4, 0.5) is 0 Å². The fourth-order valence-corrected chi connectivity index (χ4v) is 6.89. The molecule has 0 aliphatic heterocycles. The summed E-state index contributed by atoms with van der Waals surface area (Å²) in [6.07, 6.45) is 45.9. The Kier molecular flexibility index (Phi) is 40.5. The van der Waals surface area contributed by atoms with E-state index in [1.165, 1.54) is 109 Å². The molecule has 0 amide bonds. The van der Waals surface area contributed by atoms with Gasteiger partial charge in [-0.2, -0.15) is 0 Å². The third-order valence-electron chi connectivity index (χ3n) is 9.50. The Morgan fingerprint density at radius 1 is 0.545 bits per heavy atom. The molecule has 0 spiro atoms. The first-order valence-electron chi connectivity index (χ1n) is 22.5. The van der Waals surface area contributed by atoms with Crippen LogP contribution in [0, 0.1) is 0 Å². The van der Waals surface area contributed by atoms with Crippen LogP contribution in [-0.2, 0) is 32.7 Å². The molecular weight excluding hydrogens is 713 g/mol. The van der Waals surface area contributed by atoms with Crippen LogP contribution in [0.3, 0.4) is 0 Å². The van der Waals surface area contributed by atoms with Crippen molar-refractivity contribution in [1.29, 1.82) is 0 Å². The number of ether oxygens (including phenoxy) is 2. The van der Waals surface area contributed by atoms with E-state index in [0.29, 0.717) is 6.42 Å². The van der Waals surface area contributed by atoms with E-state index in [1.54, 1.807) is 0 Å². The minimum Gasteiger partial charge on any atom is -0.462 e. The number of nitrogens with two attached hydrogens (primary N) is 1. The minimum atomic E-state index is -4.38. The van der Waals surface area contributed by atoms with Gasteiger partial charge in [-0.05, 0) is 70.6 Å². The van der Waals surface area contributed by atoms with Gasteiger partial charge in [0.15, 0.2) is 6.10 Å². The summed E-state index contributed by atoms with van der Waals surface area (Å²) < 4.78 is 32.8. The molecule has 0 aromatic rings. The van der Waals surface area contributed by atoms with Crippen LogP contribution in [0.5, 0.6) is 0 Å². The summed E-state index contributed by atoms with van der Waals surface area (Å²) in [5.41, 5.74) is 5.35. The molecule has 10 heteroatoms. The molecule has 0 radical (unpaired) electrons. The average molecular weight is 798 g/mol. The van der Waals surface area contributed by atoms with Crippen molar-refractivity contribution >= 4 is 19.8 Å². The highest BCUT2D eigenvalue weighted by atomic mass is 31.2. The van der Waals surface area contributed by atoms with E-state index in [2.05, 4.69) is 50.3 Å². The molecule has 322 valence electrons. The molecule has 0 saturated heterocycles. The Bertz CT molecular complexity index is 1000. The van der Waals surface area contributed by atoms with E-state index in [4.69, 9.17) is 24.3 Å². The summed E-state index contributed by atoms with van der Waals surface area (Å²) >= 11 is 0. The molecule has 9 nitrogen and oxygen atoms in total. The number of phosphoric acid groups is 1. The van der Waals surface area contributed by atoms with Crippen LogP contribution in [0.15, 0.2) is 36.5 Å². The molecule has 3 N–H and O–H groups in total. The SMILES string of the molecule is CCCCCC=CCC=CCCCCCCCCCC(=O)OC[C@H](COP(=O)(O)OCCN)OC(=O)CCCCCCCCCC=CCCCCCCCC. The summed E-state index contributed by atoms with van der Waals surface area (Å²) in [6.45, 7) is 3.70. The van der Waals surface area contributed by atoms with Crippen LogP contribution in [0.2, 0.25) is 0 Å². The Hall–Kier alpha value is -1.77. The van der Waals surface area contributed by atoms with E-state index in [0.717, 1.165) is 64.2 Å². The van der Waals surface area contributed by atoms with E-state index in [1.807, 2.05) is 0 Å². The minimum absolute atomic E-state index is 0.0514. The Morgan fingerprint density at radius 2 is 0.945 bits per heavy atom. The van der Waals surface area contributed by atoms with Gasteiger partial charge in [0.1, 0.15) is 6.61 Å². The zero-order valence-corrected chi connectivity index (χ0v) is 36.3. The van der Waals surface area contributed by atoms with Crippen molar-refractivity contribution in [2.24, 2.45) is 5.73 Å². The van der Waals surface area contributed by atoms with Crippen LogP contribution < -0.4 is 5.73 Å². The highest BCUT2D eigenvalue weighted by Crippen LogP contribution is 2.43. The lowest BCUT2D eigenvalue weighted by atomic mass is 10.1. The molecule has 0 aliphatic rings. The van der Waals surface area contributed by atoms with Gasteiger partial charge in [-0.3, -0.25) is 18.6 Å². The average Bonchev–Trinajstić information content (AvgIpc) is 3.17. The molecular formula is C45H84NO8P. The van der Waals surface area contributed by atoms with Gasteiger partial charge in [0.2, 0.25) is 0 Å². The highest BCUT2D eigenvalue weighted by molar-refractivity contribution is 7.47. The zero-order chi connectivity index (χ0) is 40.3. The fourth-order valence-electron chi connectivity index (χ4n) is 6.13. The van der Waals surface area contributed by atoms with Crippen molar-refractivity contribution in [2.75, 3.05) is 26.4 Å². The van der Waals surface area contributed by atoms with Crippen molar-refractivity contribution in [2.45, 2.75) is 213 Å². The predicted octanol–water partition coefficient (Wildman–Crippen LogP) is 12.9. The van der Waals surface area contributed by atoms with Gasteiger partial charge in [-0.1, -0.05) is 159 Å². The topological polar surface area (TPSA) is 134 Å². The number of unbranched alkanes of at least 4 members (excludes halogenated alkanes) is 23. The van der Waals surface area contributed by atoms with Crippen LogP contribution in [0.1, 0.15) is 206 Å². The number of hydrogen-bond donors (Lipinski definition) is 2. The first-order chi connectivity index (χ1) is 26.8. The highest BCUT2D eigenvalue weighted by Gasteiger charge is 2.26. The number of rotatable bonds is 42. The second-order valence-electron chi connectivity index (χ2n) is 14.9. The van der Waals surface area contributed by atoms with E-state index in [-0.39, 0.29) is 38.6 Å². The number of carbonyl (C=O) groups excluding carboxylic acids is 2. The summed E-state index contributed by atoms with van der Waals surface area (Å²) in [4.78, 5) is 34.9. The van der Waals surface area contributed by atoms with Crippen molar-refractivity contribution in [3.63, 3.8) is 0 Å². The van der Waals surface area contributed by atoms with Crippen molar-refractivity contribution in [3.8, 4) is 0 Å². The molecule has 0 bridgehead atoms. The largest absolute Gasteiger partial charge is 0.472 e. The standard InChI is InChI=1S/C45H84NO8P/c1-3-5-7-9-11-13-15-17-19-21-23-25-27-29-31-33-35-37-44(47)51-41-43(42-53-55(49,50)52-40-39-46)54-45(48)38-36-34-32-30-28-26-24-22-20-18-16-14-12-10-8-6-4-2/h11,13,17-20,43H,3-10,12,14-16,21-42,46H2,1-2H3,(H,49,50)/t43-/m1/s1. The second-order valence-corrected chi connectivity index (χ2v) is 16.4. The predicted molar refractivity (Wildman–Crippen MR) is 229 cm³/mol. The zero-order valence-electron chi connectivity index (χ0n) is 35.4. The molecule has 55 heavy (non-hydrogen) atoms. The third kappa shape index (κ3) is 41.7. The lowest BCUT2D eigenvalue weighted by Gasteiger charge is -2.19. The molecule has 2 atom stereocenters. The number of carbonyl (C=O) groups is 2. The van der Waals surface area contributed by atoms with E-state index >= 15 is 0 Å². The van der Waals surface area contributed by atoms with Crippen LogP contribution in [0.25, 0.3) is 0 Å². The summed E-state index contributed by atoms with van der Waals surface area (Å²) in [7, 11) is -4.38. The second kappa shape index (κ2) is 41.9. The van der Waals surface area contributed by atoms with Crippen LogP contribution >= 0.6 is 7.82 Å². The summed E-state index contributed by atoms with van der Waals surface area (Å²) in [6, 6.07) is 0. The lowest BCUT2D eigenvalue weighted by molar-refractivity contribution is -0.161. The quantitative estimate of drug-likeness (QED) is 0.0268. The number of esters is 2. The van der Waals surface area contributed by atoms with E-state index < -0.39 is 26.5 Å². The molecule has 0 saturated carbocycles. The van der Waals surface area contributed by atoms with Gasteiger partial charge in [-0.25, -0.2) is 4.57 Å². The molecule has 0 fully saturated rings. The summed E-state index contributed by atoms with van der Waals surface area (Å²) in [5, 5.41) is 0. The normalized spacial score (nSPS) is 13.6. The number of hydrogen-bond acceptors (Lipinski definition) is 8. The van der Waals surface area contributed by atoms with E-state index in [9.17, 15) is 19.0 Å². The first kappa shape index (κ1) is 53.2. The maximum atomic E-state index is 12.6. The molecule has 0 aromatic heterocycles. The third-order valence-corrected chi connectivity index (χ3v) is 10.5. The molecule has 1 unspecified atom stereocenters. The van der Waals surface area contributed by atoms with Crippen LogP contribution in [-0.4, -0.2) is 49.3 Å². The molecule has 0 aliphatic carbocycles. The molecule has 0 heterocycles. The van der Waals surface area contributed by atoms with Gasteiger partial charge < -0.3 is 20.1 Å². The van der Waals surface area contributed by atoms with Gasteiger partial charge in [0.05, 0.1) is 13.2 Å². The summed E-state index contributed by atoms with van der Waals surface area (Å²) in [5.74, 6) is -0.839. The maximum absolute atomic E-state index is 12.6. The fraction of sp³-hybridized carbons (Fsp3) is 0.822. The lowest BCUT2D eigenvalue weighted by Crippen LogP contribution is -2.29. The van der Waals surface area contributed by atoms with Crippen molar-refractivity contribution in [3.05, 3.63) is 36.5 Å². The maximum Gasteiger partial charge on any atom is 0.472 e. The smallest absolute Gasteiger partial charge is 0.462 e. The van der Waals surface area contributed by atoms with Gasteiger partial charge in [-0.15, -0.1) is 0 Å². The Balaban J connectivity index is 4.14. The first-order valence-corrected chi connectivity index (χ1v) is 24.0.